The minimum Gasteiger partial charge on any atom is -0.375 e. The second kappa shape index (κ2) is 2.49. The van der Waals surface area contributed by atoms with Crippen LogP contribution in [-0.2, 0) is 4.74 Å². The van der Waals surface area contributed by atoms with Crippen LogP contribution in [0.25, 0.3) is 0 Å². The largest absolute Gasteiger partial charge is 0.375 e. The standard InChI is InChI=1S/C9H13NO/c10-7-8-2-5-11-9(6-8)3-1-4-9/h8H,1-6H2/t8-/m0/s1. The third kappa shape index (κ3) is 1.14. The van der Waals surface area contributed by atoms with E-state index in [4.69, 9.17) is 10.00 Å². The van der Waals surface area contributed by atoms with E-state index in [0.717, 1.165) is 19.4 Å². The van der Waals surface area contributed by atoms with Gasteiger partial charge in [0.2, 0.25) is 0 Å². The first-order valence-electron chi connectivity index (χ1n) is 4.38. The van der Waals surface area contributed by atoms with Gasteiger partial charge in [-0.2, -0.15) is 5.26 Å². The van der Waals surface area contributed by atoms with Crippen LogP contribution in [0.4, 0.5) is 0 Å². The molecule has 1 saturated heterocycles. The Morgan fingerprint density at radius 1 is 1.45 bits per heavy atom. The Morgan fingerprint density at radius 3 is 2.82 bits per heavy atom. The predicted octanol–water partition coefficient (Wildman–Crippen LogP) is 1.86. The van der Waals surface area contributed by atoms with Crippen molar-refractivity contribution < 1.29 is 4.74 Å². The average molecular weight is 151 g/mol. The molecular weight excluding hydrogens is 138 g/mol. The van der Waals surface area contributed by atoms with Crippen LogP contribution in [-0.4, -0.2) is 12.2 Å². The van der Waals surface area contributed by atoms with Crippen molar-refractivity contribution in [3.63, 3.8) is 0 Å². The van der Waals surface area contributed by atoms with E-state index in [1.165, 1.54) is 19.3 Å². The fourth-order valence-electron chi connectivity index (χ4n) is 2.06. The predicted molar refractivity (Wildman–Crippen MR) is 40.9 cm³/mol. The van der Waals surface area contributed by atoms with E-state index in [1.54, 1.807) is 0 Å². The average Bonchev–Trinajstić information content (AvgIpc) is 2.02. The molecule has 1 atom stereocenters. The molecule has 2 rings (SSSR count). The smallest absolute Gasteiger partial charge is 0.0695 e. The molecule has 0 aromatic rings. The summed E-state index contributed by atoms with van der Waals surface area (Å²) >= 11 is 0. The molecule has 60 valence electrons. The van der Waals surface area contributed by atoms with Crippen molar-refractivity contribution in [3.05, 3.63) is 0 Å². The number of nitrogens with zero attached hydrogens (tertiary/aromatic N) is 1. The van der Waals surface area contributed by atoms with Gasteiger partial charge in [-0.1, -0.05) is 0 Å². The first kappa shape index (κ1) is 7.12. The van der Waals surface area contributed by atoms with Crippen molar-refractivity contribution in [1.29, 1.82) is 5.26 Å². The van der Waals surface area contributed by atoms with E-state index in [0.29, 0.717) is 0 Å². The van der Waals surface area contributed by atoms with Crippen LogP contribution >= 0.6 is 0 Å². The van der Waals surface area contributed by atoms with Gasteiger partial charge in [0.25, 0.3) is 0 Å². The fraction of sp³-hybridized carbons (Fsp3) is 0.889. The van der Waals surface area contributed by atoms with Crippen molar-refractivity contribution in [3.8, 4) is 6.07 Å². The molecule has 1 heterocycles. The Balaban J connectivity index is 1.98. The molecule has 0 unspecified atom stereocenters. The quantitative estimate of drug-likeness (QED) is 0.529. The molecule has 2 aliphatic rings. The topological polar surface area (TPSA) is 33.0 Å². The normalized spacial score (nSPS) is 34.3. The molecule has 1 aliphatic heterocycles. The summed E-state index contributed by atoms with van der Waals surface area (Å²) in [5.74, 6) is 0.268. The van der Waals surface area contributed by atoms with Gasteiger partial charge in [-0.15, -0.1) is 0 Å². The molecule has 0 aromatic heterocycles. The Bertz CT molecular complexity index is 190. The minimum absolute atomic E-state index is 0.151. The number of nitriles is 1. The zero-order valence-electron chi connectivity index (χ0n) is 6.68. The third-order valence-electron chi connectivity index (χ3n) is 2.94. The summed E-state index contributed by atoms with van der Waals surface area (Å²) in [5.41, 5.74) is 0.151. The summed E-state index contributed by atoms with van der Waals surface area (Å²) in [4.78, 5) is 0. The molecule has 11 heavy (non-hydrogen) atoms. The monoisotopic (exact) mass is 151 g/mol. The third-order valence-corrected chi connectivity index (χ3v) is 2.94. The van der Waals surface area contributed by atoms with Crippen LogP contribution in [0.2, 0.25) is 0 Å². The first-order valence-corrected chi connectivity index (χ1v) is 4.38. The first-order chi connectivity index (χ1) is 5.35. The molecule has 2 fully saturated rings. The summed E-state index contributed by atoms with van der Waals surface area (Å²) < 4.78 is 5.68. The Labute approximate surface area is 67.2 Å². The highest BCUT2D eigenvalue weighted by Gasteiger charge is 2.42. The van der Waals surface area contributed by atoms with Gasteiger partial charge < -0.3 is 4.74 Å². The van der Waals surface area contributed by atoms with Gasteiger partial charge in [0.15, 0.2) is 0 Å². The Hall–Kier alpha value is -0.550. The van der Waals surface area contributed by atoms with Crippen LogP contribution in [0.3, 0.4) is 0 Å². The SMILES string of the molecule is N#C[C@H]1CCOC2(CCC2)C1. The van der Waals surface area contributed by atoms with Gasteiger partial charge in [0.1, 0.15) is 0 Å². The van der Waals surface area contributed by atoms with E-state index in [-0.39, 0.29) is 11.5 Å². The molecule has 2 heteroatoms. The summed E-state index contributed by atoms with van der Waals surface area (Å²) in [6.07, 6.45) is 5.59. The molecule has 0 radical (unpaired) electrons. The van der Waals surface area contributed by atoms with Crippen molar-refractivity contribution >= 4 is 0 Å². The number of ether oxygens (including phenoxy) is 1. The molecular formula is C9H13NO. The van der Waals surface area contributed by atoms with Crippen LogP contribution in [0, 0.1) is 17.2 Å². The van der Waals surface area contributed by atoms with Gasteiger partial charge in [-0.25, -0.2) is 0 Å². The molecule has 2 nitrogen and oxygen atoms in total. The van der Waals surface area contributed by atoms with E-state index in [9.17, 15) is 0 Å². The van der Waals surface area contributed by atoms with Crippen LogP contribution in [0.15, 0.2) is 0 Å². The van der Waals surface area contributed by atoms with Crippen LogP contribution in [0.5, 0.6) is 0 Å². The highest BCUT2D eigenvalue weighted by atomic mass is 16.5. The van der Waals surface area contributed by atoms with Crippen molar-refractivity contribution in [1.82, 2.24) is 0 Å². The van der Waals surface area contributed by atoms with Gasteiger partial charge >= 0.3 is 0 Å². The van der Waals surface area contributed by atoms with Gasteiger partial charge in [0.05, 0.1) is 17.6 Å². The van der Waals surface area contributed by atoms with Gasteiger partial charge in [-0.3, -0.25) is 0 Å². The molecule has 0 amide bonds. The molecule has 0 N–H and O–H groups in total. The van der Waals surface area contributed by atoms with Crippen molar-refractivity contribution in [2.45, 2.75) is 37.7 Å². The fourth-order valence-corrected chi connectivity index (χ4v) is 2.06. The highest BCUT2D eigenvalue weighted by molar-refractivity contribution is 4.99. The van der Waals surface area contributed by atoms with Crippen molar-refractivity contribution in [2.24, 2.45) is 5.92 Å². The number of hydrogen-bond donors (Lipinski definition) is 0. The van der Waals surface area contributed by atoms with Crippen molar-refractivity contribution in [2.75, 3.05) is 6.61 Å². The van der Waals surface area contributed by atoms with Gasteiger partial charge in [0, 0.05) is 6.61 Å². The lowest BCUT2D eigenvalue weighted by molar-refractivity contribution is -0.136. The van der Waals surface area contributed by atoms with E-state index in [1.807, 2.05) is 0 Å². The second-order valence-electron chi connectivity index (χ2n) is 3.70. The summed E-state index contributed by atoms with van der Waals surface area (Å²) in [7, 11) is 0. The molecule has 1 saturated carbocycles. The van der Waals surface area contributed by atoms with E-state index < -0.39 is 0 Å². The van der Waals surface area contributed by atoms with Gasteiger partial charge in [-0.05, 0) is 32.1 Å². The van der Waals surface area contributed by atoms with E-state index in [2.05, 4.69) is 6.07 Å². The molecule has 1 aliphatic carbocycles. The maximum Gasteiger partial charge on any atom is 0.0695 e. The highest BCUT2D eigenvalue weighted by Crippen LogP contribution is 2.43. The zero-order valence-corrected chi connectivity index (χ0v) is 6.68. The molecule has 0 bridgehead atoms. The lowest BCUT2D eigenvalue weighted by Gasteiger charge is -2.45. The lowest BCUT2D eigenvalue weighted by Crippen LogP contribution is -2.45. The van der Waals surface area contributed by atoms with Crippen LogP contribution < -0.4 is 0 Å². The summed E-state index contributed by atoms with van der Waals surface area (Å²) in [6.45, 7) is 0.804. The van der Waals surface area contributed by atoms with E-state index >= 15 is 0 Å². The zero-order chi connectivity index (χ0) is 7.73. The maximum absolute atomic E-state index is 8.74. The minimum atomic E-state index is 0.151. The number of hydrogen-bond acceptors (Lipinski definition) is 2. The second-order valence-corrected chi connectivity index (χ2v) is 3.70. The maximum atomic E-state index is 8.74. The van der Waals surface area contributed by atoms with Crippen LogP contribution in [0.1, 0.15) is 32.1 Å². The Kier molecular flexibility index (Phi) is 1.61. The Morgan fingerprint density at radius 2 is 2.27 bits per heavy atom. The lowest BCUT2D eigenvalue weighted by atomic mass is 9.72. The molecule has 1 spiro atoms. The number of rotatable bonds is 0. The molecule has 0 aromatic carbocycles. The summed E-state index contributed by atoms with van der Waals surface area (Å²) in [5, 5.41) is 8.74. The summed E-state index contributed by atoms with van der Waals surface area (Å²) in [6, 6.07) is 2.35.